The van der Waals surface area contributed by atoms with E-state index in [2.05, 4.69) is 60.9 Å². The molecule has 1 aromatic carbocycles. The standard InChI is InChI=1S/C45H58N8O7S/c1-11-37(54)50(8)44(58)51(9)39(26(3)4)41(55)48-33-22-36-47-34(24-61-36)28-17-18-35-30(21-28)31(40(52(35)12-2)29-15-13-19-46-38(29)27(5)59-10)23-45(6,7)25-60-43(57)32-16-14-20-53(49-32)42(33)56/h11,13,15,17-19,21,24,26-27,32-33,39,49H,1,12,14,16,20,22-23,25H2,2-10H3,(H,48,55)/t27-,32-,33-,39-/m0/s1. The van der Waals surface area contributed by atoms with Gasteiger partial charge in [-0.05, 0) is 74.9 Å². The fourth-order valence-corrected chi connectivity index (χ4v) is 9.18. The van der Waals surface area contributed by atoms with Crippen molar-refractivity contribution in [2.45, 2.75) is 98.0 Å². The number of aromatic nitrogens is 3. The van der Waals surface area contributed by atoms with Gasteiger partial charge in [-0.1, -0.05) is 40.3 Å². The molecular formula is C45H58N8O7S. The number of esters is 1. The Morgan fingerprint density at radius 3 is 2.62 bits per heavy atom. The van der Waals surface area contributed by atoms with Gasteiger partial charge in [0.15, 0.2) is 0 Å². The maximum absolute atomic E-state index is 14.5. The number of hydrogen-bond acceptors (Lipinski definition) is 11. The minimum atomic E-state index is -1.12. The summed E-state index contributed by atoms with van der Waals surface area (Å²) in [5.74, 6) is -2.53. The van der Waals surface area contributed by atoms with Crippen molar-refractivity contribution < 1.29 is 33.4 Å². The molecule has 61 heavy (non-hydrogen) atoms. The summed E-state index contributed by atoms with van der Waals surface area (Å²) >= 11 is 1.38. The number of pyridine rings is 1. The van der Waals surface area contributed by atoms with Crippen LogP contribution >= 0.6 is 11.3 Å². The highest BCUT2D eigenvalue weighted by Gasteiger charge is 2.39. The predicted octanol–water partition coefficient (Wildman–Crippen LogP) is 5.92. The number of ether oxygens (including phenoxy) is 2. The molecule has 15 nitrogen and oxygen atoms in total. The highest BCUT2D eigenvalue weighted by molar-refractivity contribution is 7.10. The third-order valence-corrected chi connectivity index (χ3v) is 12.4. The van der Waals surface area contributed by atoms with Crippen LogP contribution in [0, 0.1) is 11.3 Å². The molecule has 1 saturated heterocycles. The van der Waals surface area contributed by atoms with Gasteiger partial charge in [0.25, 0.3) is 11.8 Å². The maximum atomic E-state index is 14.5. The van der Waals surface area contributed by atoms with Crippen LogP contribution in [0.2, 0.25) is 0 Å². The minimum Gasteiger partial charge on any atom is -0.464 e. The van der Waals surface area contributed by atoms with E-state index in [0.717, 1.165) is 55.7 Å². The number of nitrogens with zero attached hydrogens (tertiary/aromatic N) is 6. The molecule has 5 heterocycles. The average molecular weight is 855 g/mol. The summed E-state index contributed by atoms with van der Waals surface area (Å²) in [5, 5.41) is 7.89. The van der Waals surface area contributed by atoms with Crippen LogP contribution in [0.3, 0.4) is 0 Å². The number of nitrogens with one attached hydrogen (secondary N) is 2. The molecule has 4 atom stereocenters. The van der Waals surface area contributed by atoms with Crippen LogP contribution in [0.15, 0.2) is 54.6 Å². The van der Waals surface area contributed by atoms with E-state index >= 15 is 0 Å². The van der Waals surface area contributed by atoms with Crippen molar-refractivity contribution in [3.8, 4) is 22.5 Å². The van der Waals surface area contributed by atoms with Gasteiger partial charge >= 0.3 is 12.0 Å². The van der Waals surface area contributed by atoms with Gasteiger partial charge in [-0.3, -0.25) is 34.1 Å². The molecule has 0 saturated carbocycles. The van der Waals surface area contributed by atoms with Crippen LogP contribution in [0.25, 0.3) is 33.4 Å². The molecule has 6 rings (SSSR count). The SMILES string of the molecule is C=CC(=O)N(C)C(=O)N(C)[C@H](C(=O)N[C@H]1Cc2nc(cs2)-c2ccc3c(c2)c(c(-c2cccnc2[C@H](C)OC)n3CC)CC(C)(C)COC(=O)[C@@H]2CCCN(N2)C1=O)C(C)C. The van der Waals surface area contributed by atoms with E-state index in [0.29, 0.717) is 37.4 Å². The highest BCUT2D eigenvalue weighted by Crippen LogP contribution is 2.42. The van der Waals surface area contributed by atoms with Gasteiger partial charge < -0.3 is 24.3 Å². The zero-order valence-corrected chi connectivity index (χ0v) is 37.4. The van der Waals surface area contributed by atoms with Crippen LogP contribution in [0.1, 0.15) is 76.8 Å². The second-order valence-electron chi connectivity index (χ2n) is 17.0. The molecule has 2 aliphatic rings. The number of thiazole rings is 1. The number of fused-ring (bicyclic) bond motifs is 6. The van der Waals surface area contributed by atoms with Gasteiger partial charge in [-0.15, -0.1) is 11.3 Å². The van der Waals surface area contributed by atoms with Crippen LogP contribution in [0.4, 0.5) is 4.79 Å². The fraction of sp³-hybridized carbons (Fsp3) is 0.489. The number of imide groups is 1. The number of carbonyl (C=O) groups is 5. The van der Waals surface area contributed by atoms with E-state index in [9.17, 15) is 24.0 Å². The Balaban J connectivity index is 1.45. The van der Waals surface area contributed by atoms with Crippen molar-refractivity contribution in [2.75, 3.05) is 34.4 Å². The molecule has 16 heteroatoms. The van der Waals surface area contributed by atoms with Crippen molar-refractivity contribution in [2.24, 2.45) is 11.3 Å². The number of carbonyl (C=O) groups excluding carboxylic acids is 5. The fourth-order valence-electron chi connectivity index (χ4n) is 8.33. The number of aryl methyl sites for hydroxylation is 1. The van der Waals surface area contributed by atoms with Crippen molar-refractivity contribution >= 4 is 52.0 Å². The van der Waals surface area contributed by atoms with Crippen molar-refractivity contribution in [1.82, 2.24) is 40.1 Å². The van der Waals surface area contributed by atoms with E-state index in [1.807, 2.05) is 24.4 Å². The summed E-state index contributed by atoms with van der Waals surface area (Å²) in [6.45, 7) is 16.4. The lowest BCUT2D eigenvalue weighted by Crippen LogP contribution is -2.62. The summed E-state index contributed by atoms with van der Waals surface area (Å²) in [6.07, 6.45) is 4.12. The van der Waals surface area contributed by atoms with Gasteiger partial charge in [-0.2, -0.15) is 0 Å². The van der Waals surface area contributed by atoms with Crippen LogP contribution in [-0.2, 0) is 48.0 Å². The molecule has 3 aromatic heterocycles. The lowest BCUT2D eigenvalue weighted by molar-refractivity contribution is -0.155. The van der Waals surface area contributed by atoms with E-state index in [-0.39, 0.29) is 19.1 Å². The Bertz CT molecular complexity index is 2320. The van der Waals surface area contributed by atoms with E-state index in [4.69, 9.17) is 19.4 Å². The smallest absolute Gasteiger partial charge is 0.327 e. The molecule has 0 aliphatic carbocycles. The zero-order chi connectivity index (χ0) is 44.3. The first-order valence-electron chi connectivity index (χ1n) is 20.8. The average Bonchev–Trinajstić information content (AvgIpc) is 3.84. The Morgan fingerprint density at radius 1 is 1.18 bits per heavy atom. The molecule has 0 spiro atoms. The number of rotatable bonds is 9. The number of hydrogen-bond donors (Lipinski definition) is 2. The molecule has 0 radical (unpaired) electrons. The lowest BCUT2D eigenvalue weighted by atomic mass is 9.84. The normalized spacial score (nSPS) is 19.1. The molecule has 2 N–H and O–H groups in total. The Hall–Kier alpha value is -5.45. The van der Waals surface area contributed by atoms with Crippen molar-refractivity contribution in [1.29, 1.82) is 0 Å². The van der Waals surface area contributed by atoms with E-state index < -0.39 is 59.2 Å². The summed E-state index contributed by atoms with van der Waals surface area (Å²) in [7, 11) is 4.43. The van der Waals surface area contributed by atoms with E-state index in [1.165, 1.54) is 35.3 Å². The second kappa shape index (κ2) is 18.7. The Labute approximate surface area is 361 Å². The first-order chi connectivity index (χ1) is 29.0. The summed E-state index contributed by atoms with van der Waals surface area (Å²) in [4.78, 5) is 79.9. The van der Waals surface area contributed by atoms with Gasteiger partial charge in [0.1, 0.15) is 18.1 Å². The van der Waals surface area contributed by atoms with Crippen LogP contribution in [0.5, 0.6) is 0 Å². The molecular weight excluding hydrogens is 797 g/mol. The van der Waals surface area contributed by atoms with Gasteiger partial charge in [-0.25, -0.2) is 15.2 Å². The topological polar surface area (TPSA) is 168 Å². The lowest BCUT2D eigenvalue weighted by Gasteiger charge is -2.36. The maximum Gasteiger partial charge on any atom is 0.327 e. The monoisotopic (exact) mass is 854 g/mol. The van der Waals surface area contributed by atoms with Gasteiger partial charge in [0.05, 0.1) is 34.8 Å². The quantitative estimate of drug-likeness (QED) is 0.152. The number of urea groups is 1. The summed E-state index contributed by atoms with van der Waals surface area (Å²) in [6, 6.07) is 6.67. The summed E-state index contributed by atoms with van der Waals surface area (Å²) in [5.41, 5.74) is 9.13. The van der Waals surface area contributed by atoms with Crippen LogP contribution < -0.4 is 10.7 Å². The zero-order valence-electron chi connectivity index (χ0n) is 36.6. The van der Waals surface area contributed by atoms with Gasteiger partial charge in [0.2, 0.25) is 5.91 Å². The largest absolute Gasteiger partial charge is 0.464 e. The van der Waals surface area contributed by atoms with E-state index in [1.54, 1.807) is 27.2 Å². The predicted molar refractivity (Wildman–Crippen MR) is 234 cm³/mol. The van der Waals surface area contributed by atoms with Crippen molar-refractivity contribution in [3.63, 3.8) is 0 Å². The Morgan fingerprint density at radius 2 is 1.93 bits per heavy atom. The second-order valence-corrected chi connectivity index (χ2v) is 17.9. The minimum absolute atomic E-state index is 0.0410. The number of amides is 5. The Kier molecular flexibility index (Phi) is 13.8. The number of benzene rings is 1. The van der Waals surface area contributed by atoms with Crippen molar-refractivity contribution in [3.05, 3.63) is 70.8 Å². The first-order valence-corrected chi connectivity index (χ1v) is 21.7. The molecule has 2 aliphatic heterocycles. The van der Waals surface area contributed by atoms with Crippen LogP contribution in [-0.4, -0.2) is 112 Å². The number of hydrazine groups is 1. The molecule has 4 aromatic rings. The third-order valence-electron chi connectivity index (χ3n) is 11.6. The number of likely N-dealkylation sites (N-methyl/N-ethyl adjacent to an activating group) is 2. The highest BCUT2D eigenvalue weighted by atomic mass is 32.1. The van der Waals surface area contributed by atoms with Gasteiger partial charge in [0, 0.05) is 79.7 Å². The first kappa shape index (κ1) is 45.1. The molecule has 326 valence electrons. The molecule has 0 unspecified atom stereocenters. The summed E-state index contributed by atoms with van der Waals surface area (Å²) < 4.78 is 14.2. The molecule has 6 bridgehead atoms. The number of methoxy groups -OCH3 is 1. The third kappa shape index (κ3) is 9.41. The number of cyclic esters (lactones) is 1. The molecule has 1 fully saturated rings. The molecule has 5 amide bonds.